The molecule has 7 atom stereocenters. The van der Waals surface area contributed by atoms with Crippen LogP contribution in [0.25, 0.3) is 0 Å². The first kappa shape index (κ1) is 30.2. The first-order chi connectivity index (χ1) is 19.5. The number of amides is 1. The van der Waals surface area contributed by atoms with Gasteiger partial charge in [-0.1, -0.05) is 43.7 Å². The van der Waals surface area contributed by atoms with Gasteiger partial charge in [0.2, 0.25) is 10.0 Å². The van der Waals surface area contributed by atoms with E-state index in [2.05, 4.69) is 22.6 Å². The summed E-state index contributed by atoms with van der Waals surface area (Å²) in [7, 11) is -3.91. The maximum absolute atomic E-state index is 13.3. The molecule has 1 amide bonds. The summed E-state index contributed by atoms with van der Waals surface area (Å²) in [6.07, 6.45) is 12.6. The number of carbonyl (C=O) groups excluding carboxylic acids is 1. The number of anilines is 1. The zero-order valence-electron chi connectivity index (χ0n) is 24.3. The van der Waals surface area contributed by atoms with E-state index in [9.17, 15) is 18.3 Å². The molecule has 2 unspecified atom stereocenters. The van der Waals surface area contributed by atoms with Crippen molar-refractivity contribution < 1.29 is 23.1 Å². The van der Waals surface area contributed by atoms with Crippen LogP contribution in [0.15, 0.2) is 53.6 Å². The minimum Gasteiger partial charge on any atom is -0.487 e. The molecule has 5 rings (SSSR count). The Morgan fingerprint density at radius 1 is 1.12 bits per heavy atom. The minimum atomic E-state index is -3.91. The predicted octanol–water partition coefficient (Wildman–Crippen LogP) is 5.60. The van der Waals surface area contributed by atoms with Gasteiger partial charge in [-0.25, -0.2) is 13.1 Å². The summed E-state index contributed by atoms with van der Waals surface area (Å²) in [6, 6.07) is 5.19. The third kappa shape index (κ3) is 6.55. The van der Waals surface area contributed by atoms with Crippen LogP contribution in [0.1, 0.15) is 69.7 Å². The summed E-state index contributed by atoms with van der Waals surface area (Å²) in [6.45, 7) is 7.54. The van der Waals surface area contributed by atoms with Gasteiger partial charge in [-0.15, -0.1) is 11.6 Å². The average Bonchev–Trinajstić information content (AvgIpc) is 2.95. The highest BCUT2D eigenvalue weighted by Gasteiger charge is 2.37. The van der Waals surface area contributed by atoms with Gasteiger partial charge in [0.25, 0.3) is 5.91 Å². The summed E-state index contributed by atoms with van der Waals surface area (Å²) in [5, 5.41) is 10.2. The van der Waals surface area contributed by atoms with Crippen LogP contribution in [-0.2, 0) is 10.0 Å². The summed E-state index contributed by atoms with van der Waals surface area (Å²) in [4.78, 5) is 15.6. The molecule has 41 heavy (non-hydrogen) atoms. The van der Waals surface area contributed by atoms with Crippen molar-refractivity contribution in [1.29, 1.82) is 0 Å². The molecule has 9 heteroatoms. The molecule has 7 nitrogen and oxygen atoms in total. The third-order valence-corrected chi connectivity index (χ3v) is 12.2. The molecule has 0 saturated heterocycles. The number of hydrogen-bond acceptors (Lipinski definition) is 6. The second-order valence-electron chi connectivity index (χ2n) is 12.3. The summed E-state index contributed by atoms with van der Waals surface area (Å²) >= 11 is 6.58. The van der Waals surface area contributed by atoms with Crippen molar-refractivity contribution in [3.63, 3.8) is 0 Å². The maximum Gasteiger partial charge on any atom is 0.264 e. The molecule has 1 aromatic rings. The van der Waals surface area contributed by atoms with Gasteiger partial charge in [-0.3, -0.25) is 4.79 Å². The number of aliphatic hydroxyl groups excluding tert-OH is 1. The molecule has 2 bridgehead atoms. The fourth-order valence-corrected chi connectivity index (χ4v) is 8.02. The van der Waals surface area contributed by atoms with Crippen molar-refractivity contribution in [2.45, 2.75) is 76.0 Å². The van der Waals surface area contributed by atoms with Crippen molar-refractivity contribution in [3.8, 4) is 5.75 Å². The quantitative estimate of drug-likeness (QED) is 0.297. The highest BCUT2D eigenvalue weighted by atomic mass is 35.5. The van der Waals surface area contributed by atoms with Gasteiger partial charge in [0, 0.05) is 18.7 Å². The van der Waals surface area contributed by atoms with Gasteiger partial charge in [0.1, 0.15) is 12.4 Å². The van der Waals surface area contributed by atoms with Gasteiger partial charge < -0.3 is 14.7 Å². The van der Waals surface area contributed by atoms with Crippen molar-refractivity contribution in [3.05, 3.63) is 59.2 Å². The zero-order chi connectivity index (χ0) is 29.3. The molecule has 0 spiro atoms. The lowest BCUT2D eigenvalue weighted by molar-refractivity contribution is 0.0461. The standard InChI is InChI=1S/C32H43ClN2O5S/c1-20-7-6-9-30(36)27-13-10-24(27)18-35-16-5-4-8-26-21(2)28(33)14-11-25(26)19-40-31-15-12-23(17-29(31)35)32(37)34-41(38,39)22(20)3/h6,9,11-12,14-15,17,20-22,24,27-28,30,36H,4-5,7-8,10,13,16,18-19H2,1-3H3,(H,34,37)/b9-6+/t20-,21?,22-,24-,27+,28?,30-/m0/s1. The number of ether oxygens (including phenoxy) is 1. The van der Waals surface area contributed by atoms with Crippen molar-refractivity contribution in [1.82, 2.24) is 4.72 Å². The van der Waals surface area contributed by atoms with E-state index in [1.165, 1.54) is 5.57 Å². The van der Waals surface area contributed by atoms with E-state index in [1.54, 1.807) is 25.1 Å². The number of carbonyl (C=O) groups is 1. The molecule has 1 aromatic carbocycles. The number of benzene rings is 1. The number of sulfonamides is 1. The Kier molecular flexibility index (Phi) is 9.22. The van der Waals surface area contributed by atoms with E-state index >= 15 is 0 Å². The third-order valence-electron chi connectivity index (χ3n) is 9.73. The Morgan fingerprint density at radius 3 is 2.68 bits per heavy atom. The van der Waals surface area contributed by atoms with Crippen LogP contribution in [0, 0.1) is 23.7 Å². The number of alkyl halides is 1. The van der Waals surface area contributed by atoms with E-state index in [0.29, 0.717) is 24.7 Å². The van der Waals surface area contributed by atoms with Crippen LogP contribution in [0.3, 0.4) is 0 Å². The summed E-state index contributed by atoms with van der Waals surface area (Å²) < 4.78 is 35.0. The molecule has 224 valence electrons. The smallest absolute Gasteiger partial charge is 0.264 e. The molecule has 4 aliphatic rings. The largest absolute Gasteiger partial charge is 0.487 e. The molecule has 2 aliphatic heterocycles. The Balaban J connectivity index is 1.53. The zero-order valence-corrected chi connectivity index (χ0v) is 25.8. The number of rotatable bonds is 0. The van der Waals surface area contributed by atoms with E-state index in [1.807, 2.05) is 25.2 Å². The SMILES string of the molecule is CC1C2=C(C=CC1Cl)COc1ccc3cc1N(CCCC2)C[C@@H]1CC[C@H]1[C@@H](O)/C=C/C[C@H](C)[C@H](C)S(=O)(=O)NC3=O. The fourth-order valence-electron chi connectivity index (χ4n) is 6.52. The monoisotopic (exact) mass is 602 g/mol. The highest BCUT2D eigenvalue weighted by Crippen LogP contribution is 2.41. The highest BCUT2D eigenvalue weighted by molar-refractivity contribution is 7.90. The van der Waals surface area contributed by atoms with Gasteiger partial charge in [-0.2, -0.15) is 0 Å². The maximum atomic E-state index is 13.3. The van der Waals surface area contributed by atoms with Crippen molar-refractivity contribution in [2.75, 3.05) is 24.6 Å². The number of nitrogens with one attached hydrogen (secondary N) is 1. The van der Waals surface area contributed by atoms with Gasteiger partial charge in [0.15, 0.2) is 0 Å². The molecule has 1 saturated carbocycles. The lowest BCUT2D eigenvalue weighted by Crippen LogP contribution is -2.43. The van der Waals surface area contributed by atoms with Crippen LogP contribution >= 0.6 is 11.6 Å². The topological polar surface area (TPSA) is 95.9 Å². The average molecular weight is 603 g/mol. The molecule has 2 aliphatic carbocycles. The number of aliphatic hydroxyl groups is 1. The van der Waals surface area contributed by atoms with Crippen molar-refractivity contribution in [2.24, 2.45) is 23.7 Å². The molecule has 1 fully saturated rings. The molecular formula is C32H43ClN2O5S. The number of nitrogens with zero attached hydrogens (tertiary/aromatic N) is 1. The first-order valence-electron chi connectivity index (χ1n) is 15.0. The van der Waals surface area contributed by atoms with E-state index in [4.69, 9.17) is 16.3 Å². The Labute approximate surface area is 249 Å². The normalized spacial score (nSPS) is 35.1. The van der Waals surface area contributed by atoms with Crippen LogP contribution in [0.2, 0.25) is 0 Å². The van der Waals surface area contributed by atoms with E-state index in [-0.39, 0.29) is 28.7 Å². The number of hydrogen-bond donors (Lipinski definition) is 2. The van der Waals surface area contributed by atoms with Crippen LogP contribution < -0.4 is 14.4 Å². The molecule has 0 aromatic heterocycles. The number of allylic oxidation sites excluding steroid dienone is 3. The van der Waals surface area contributed by atoms with E-state index in [0.717, 1.165) is 56.5 Å². The second-order valence-corrected chi connectivity index (χ2v) is 14.9. The number of halogens is 1. The van der Waals surface area contributed by atoms with Crippen molar-refractivity contribution >= 4 is 33.2 Å². The Bertz CT molecular complexity index is 1340. The van der Waals surface area contributed by atoms with E-state index < -0.39 is 27.3 Å². The molecule has 2 N–H and O–H groups in total. The van der Waals surface area contributed by atoms with Gasteiger partial charge in [0.05, 0.1) is 22.4 Å². The molecule has 0 radical (unpaired) electrons. The fraction of sp³-hybridized carbons (Fsp3) is 0.594. The summed E-state index contributed by atoms with van der Waals surface area (Å²) in [5.74, 6) is 0.485. The minimum absolute atomic E-state index is 0.0298. The molecule has 2 heterocycles. The van der Waals surface area contributed by atoms with Gasteiger partial charge in [-0.05, 0) is 92.9 Å². The Hall–Kier alpha value is -2.29. The Morgan fingerprint density at radius 2 is 1.93 bits per heavy atom. The predicted molar refractivity (Wildman–Crippen MR) is 164 cm³/mol. The van der Waals surface area contributed by atoms with Crippen LogP contribution in [0.5, 0.6) is 5.75 Å². The first-order valence-corrected chi connectivity index (χ1v) is 17.0. The number of fused-ring (bicyclic) bond motifs is 2. The van der Waals surface area contributed by atoms with Gasteiger partial charge >= 0.3 is 0 Å². The van der Waals surface area contributed by atoms with Crippen LogP contribution in [-0.4, -0.2) is 55.9 Å². The lowest BCUT2D eigenvalue weighted by Gasteiger charge is -2.42. The lowest BCUT2D eigenvalue weighted by atomic mass is 9.70. The molecular weight excluding hydrogens is 560 g/mol. The van der Waals surface area contributed by atoms with Crippen LogP contribution in [0.4, 0.5) is 5.69 Å². The second kappa shape index (κ2) is 12.5. The summed E-state index contributed by atoms with van der Waals surface area (Å²) in [5.41, 5.74) is 3.55.